The molecule has 0 aliphatic heterocycles. The van der Waals surface area contributed by atoms with E-state index >= 15 is 0 Å². The molecule has 0 radical (unpaired) electrons. The van der Waals surface area contributed by atoms with E-state index in [1.165, 1.54) is 5.56 Å². The topological polar surface area (TPSA) is 47.6 Å². The third-order valence-corrected chi connectivity index (χ3v) is 3.28. The molecule has 4 nitrogen and oxygen atoms in total. The maximum Gasteiger partial charge on any atom is 0.260 e. The van der Waals surface area contributed by atoms with Gasteiger partial charge in [-0.05, 0) is 31.0 Å². The quantitative estimate of drug-likeness (QED) is 0.855. The van der Waals surface area contributed by atoms with Gasteiger partial charge in [0, 0.05) is 12.6 Å². The summed E-state index contributed by atoms with van der Waals surface area (Å²) in [6.07, 6.45) is 0.251. The molecule has 4 heteroatoms. The summed E-state index contributed by atoms with van der Waals surface area (Å²) >= 11 is 0. The van der Waals surface area contributed by atoms with Crippen molar-refractivity contribution in [3.05, 3.63) is 60.2 Å². The smallest absolute Gasteiger partial charge is 0.260 e. The van der Waals surface area contributed by atoms with Crippen LogP contribution >= 0.6 is 0 Å². The summed E-state index contributed by atoms with van der Waals surface area (Å²) in [5.41, 5.74) is 1.20. The van der Waals surface area contributed by atoms with Crippen LogP contribution in [0, 0.1) is 0 Å². The lowest BCUT2D eigenvalue weighted by molar-refractivity contribution is -0.127. The maximum absolute atomic E-state index is 12.0. The zero-order chi connectivity index (χ0) is 15.8. The zero-order valence-corrected chi connectivity index (χ0v) is 12.9. The van der Waals surface area contributed by atoms with Gasteiger partial charge in [0.25, 0.3) is 5.91 Å². The van der Waals surface area contributed by atoms with Crippen LogP contribution in [0.25, 0.3) is 0 Å². The highest BCUT2D eigenvalue weighted by atomic mass is 16.5. The second-order valence-electron chi connectivity index (χ2n) is 4.97. The number of hydrogen-bond donors (Lipinski definition) is 1. The van der Waals surface area contributed by atoms with Crippen molar-refractivity contribution in [2.75, 3.05) is 13.7 Å². The van der Waals surface area contributed by atoms with Crippen LogP contribution in [0.5, 0.6) is 11.5 Å². The predicted molar refractivity (Wildman–Crippen MR) is 86.2 cm³/mol. The molecule has 0 aliphatic carbocycles. The van der Waals surface area contributed by atoms with Gasteiger partial charge in [-0.2, -0.15) is 0 Å². The lowest BCUT2D eigenvalue weighted by atomic mass is 10.1. The molecule has 116 valence electrons. The fourth-order valence-corrected chi connectivity index (χ4v) is 2.05. The van der Waals surface area contributed by atoms with E-state index in [-0.39, 0.29) is 5.91 Å². The number of methoxy groups -OCH3 is 1. The van der Waals surface area contributed by atoms with Gasteiger partial charge in [0.05, 0.1) is 7.11 Å². The van der Waals surface area contributed by atoms with E-state index in [2.05, 4.69) is 5.32 Å². The van der Waals surface area contributed by atoms with Gasteiger partial charge in [-0.15, -0.1) is 0 Å². The van der Waals surface area contributed by atoms with Crippen LogP contribution in [0.4, 0.5) is 0 Å². The summed E-state index contributed by atoms with van der Waals surface area (Å²) in [4.78, 5) is 12.0. The number of amides is 1. The summed E-state index contributed by atoms with van der Waals surface area (Å²) in [7, 11) is 1.60. The normalized spacial score (nSPS) is 11.5. The average molecular weight is 299 g/mol. The number of hydrogen-bond acceptors (Lipinski definition) is 3. The minimum Gasteiger partial charge on any atom is -0.497 e. The molecule has 2 rings (SSSR count). The number of benzene rings is 2. The van der Waals surface area contributed by atoms with Gasteiger partial charge in [-0.1, -0.05) is 36.4 Å². The Labute approximate surface area is 131 Å². The van der Waals surface area contributed by atoms with Crippen molar-refractivity contribution >= 4 is 5.91 Å². The van der Waals surface area contributed by atoms with Gasteiger partial charge in [0.2, 0.25) is 0 Å². The summed E-state index contributed by atoms with van der Waals surface area (Å²) in [6.45, 7) is 2.33. The van der Waals surface area contributed by atoms with Gasteiger partial charge >= 0.3 is 0 Å². The minimum atomic E-state index is -0.553. The summed E-state index contributed by atoms with van der Waals surface area (Å²) in [5.74, 6) is 1.19. The van der Waals surface area contributed by atoms with Crippen molar-refractivity contribution in [2.24, 2.45) is 0 Å². The molecule has 0 aromatic heterocycles. The lowest BCUT2D eigenvalue weighted by Gasteiger charge is -2.15. The van der Waals surface area contributed by atoms with E-state index in [4.69, 9.17) is 9.47 Å². The molecule has 1 amide bonds. The van der Waals surface area contributed by atoms with Crippen molar-refractivity contribution in [1.82, 2.24) is 5.32 Å². The molecule has 0 heterocycles. The Bertz CT molecular complexity index is 598. The molecule has 1 atom stereocenters. The highest BCUT2D eigenvalue weighted by molar-refractivity contribution is 5.80. The molecule has 0 unspecified atom stereocenters. The molecule has 22 heavy (non-hydrogen) atoms. The second kappa shape index (κ2) is 8.08. The van der Waals surface area contributed by atoms with Gasteiger partial charge in [0.15, 0.2) is 6.10 Å². The van der Waals surface area contributed by atoms with Crippen LogP contribution < -0.4 is 14.8 Å². The van der Waals surface area contributed by atoms with E-state index in [1.54, 1.807) is 26.2 Å². The van der Waals surface area contributed by atoms with Crippen LogP contribution in [0.15, 0.2) is 54.6 Å². The third-order valence-electron chi connectivity index (χ3n) is 3.28. The van der Waals surface area contributed by atoms with E-state index < -0.39 is 6.10 Å². The van der Waals surface area contributed by atoms with E-state index in [0.717, 1.165) is 6.42 Å². The summed E-state index contributed by atoms with van der Waals surface area (Å²) in [5, 5.41) is 2.88. The molecule has 1 N–H and O–H groups in total. The molecular formula is C18H21NO3. The lowest BCUT2D eigenvalue weighted by Crippen LogP contribution is -2.37. The first-order valence-corrected chi connectivity index (χ1v) is 7.31. The van der Waals surface area contributed by atoms with E-state index in [9.17, 15) is 4.79 Å². The van der Waals surface area contributed by atoms with Crippen molar-refractivity contribution in [2.45, 2.75) is 19.4 Å². The molecule has 0 bridgehead atoms. The molecule has 0 saturated heterocycles. The minimum absolute atomic E-state index is 0.126. The molecule has 0 spiro atoms. The average Bonchev–Trinajstić information content (AvgIpc) is 2.56. The Hall–Kier alpha value is -2.49. The number of rotatable bonds is 7. The van der Waals surface area contributed by atoms with Crippen LogP contribution in [0.3, 0.4) is 0 Å². The highest BCUT2D eigenvalue weighted by Crippen LogP contribution is 2.19. The Morgan fingerprint density at radius 3 is 2.55 bits per heavy atom. The fraction of sp³-hybridized carbons (Fsp3) is 0.278. The third kappa shape index (κ3) is 4.81. The van der Waals surface area contributed by atoms with E-state index in [0.29, 0.717) is 18.0 Å². The Kier molecular flexibility index (Phi) is 5.83. The predicted octanol–water partition coefficient (Wildman–Crippen LogP) is 2.82. The van der Waals surface area contributed by atoms with Crippen LogP contribution in [-0.2, 0) is 11.2 Å². The Morgan fingerprint density at radius 1 is 1.09 bits per heavy atom. The zero-order valence-electron chi connectivity index (χ0n) is 12.9. The molecular weight excluding hydrogens is 278 g/mol. The van der Waals surface area contributed by atoms with Crippen LogP contribution in [0.2, 0.25) is 0 Å². The largest absolute Gasteiger partial charge is 0.497 e. The van der Waals surface area contributed by atoms with Gasteiger partial charge in [-0.3, -0.25) is 4.79 Å². The SMILES string of the molecule is COc1cccc(O[C@H](C)C(=O)NCCc2ccccc2)c1. The number of carbonyl (C=O) groups excluding carboxylic acids is 1. The Balaban J connectivity index is 1.79. The highest BCUT2D eigenvalue weighted by Gasteiger charge is 2.14. The first-order valence-electron chi connectivity index (χ1n) is 7.31. The fourth-order valence-electron chi connectivity index (χ4n) is 2.05. The molecule has 2 aromatic carbocycles. The number of nitrogens with one attached hydrogen (secondary N) is 1. The summed E-state index contributed by atoms with van der Waals surface area (Å²) in [6, 6.07) is 17.3. The van der Waals surface area contributed by atoms with Crippen molar-refractivity contribution in [1.29, 1.82) is 0 Å². The standard InChI is InChI=1S/C18H21NO3/c1-14(22-17-10-6-9-16(13-17)21-2)18(20)19-12-11-15-7-4-3-5-8-15/h3-10,13-14H,11-12H2,1-2H3,(H,19,20)/t14-/m1/s1. The summed E-state index contributed by atoms with van der Waals surface area (Å²) < 4.78 is 10.8. The molecule has 0 fully saturated rings. The van der Waals surface area contributed by atoms with Gasteiger partial charge in [-0.25, -0.2) is 0 Å². The second-order valence-corrected chi connectivity index (χ2v) is 4.97. The van der Waals surface area contributed by atoms with Gasteiger partial charge < -0.3 is 14.8 Å². The molecule has 0 aliphatic rings. The monoisotopic (exact) mass is 299 g/mol. The number of ether oxygens (including phenoxy) is 2. The molecule has 0 saturated carbocycles. The first-order chi connectivity index (χ1) is 10.7. The maximum atomic E-state index is 12.0. The number of carbonyl (C=O) groups is 1. The van der Waals surface area contributed by atoms with Crippen molar-refractivity contribution in [3.8, 4) is 11.5 Å². The first kappa shape index (κ1) is 15.9. The van der Waals surface area contributed by atoms with Crippen molar-refractivity contribution in [3.63, 3.8) is 0 Å². The van der Waals surface area contributed by atoms with Gasteiger partial charge in [0.1, 0.15) is 11.5 Å². The Morgan fingerprint density at radius 2 is 1.82 bits per heavy atom. The van der Waals surface area contributed by atoms with Crippen LogP contribution in [0.1, 0.15) is 12.5 Å². The van der Waals surface area contributed by atoms with E-state index in [1.807, 2.05) is 42.5 Å². The van der Waals surface area contributed by atoms with Crippen molar-refractivity contribution < 1.29 is 14.3 Å². The molecule has 2 aromatic rings. The van der Waals surface area contributed by atoms with Crippen LogP contribution in [-0.4, -0.2) is 25.7 Å².